The van der Waals surface area contributed by atoms with E-state index in [4.69, 9.17) is 0 Å². The molecule has 0 aromatic heterocycles. The largest absolute Gasteiger partial charge is 0.137 e. The van der Waals surface area contributed by atoms with E-state index in [1.807, 2.05) is 0 Å². The van der Waals surface area contributed by atoms with E-state index in [9.17, 15) is 0 Å². The Morgan fingerprint density at radius 2 is 1.79 bits per heavy atom. The van der Waals surface area contributed by atoms with Crippen LogP contribution >= 0.6 is 0 Å². The van der Waals surface area contributed by atoms with Crippen LogP contribution in [0.3, 0.4) is 0 Å². The van der Waals surface area contributed by atoms with Crippen molar-refractivity contribution >= 4 is 6.71 Å². The fraction of sp³-hybridized carbons (Fsp3) is 1.00. The van der Waals surface area contributed by atoms with Crippen LogP contribution in [0.1, 0.15) is 46.5 Å². The molecule has 0 heterocycles. The van der Waals surface area contributed by atoms with Crippen molar-refractivity contribution in [2.24, 2.45) is 17.8 Å². The van der Waals surface area contributed by atoms with Crippen LogP contribution in [0, 0.1) is 17.8 Å². The quantitative estimate of drug-likeness (QED) is 0.561. The molecule has 0 aliphatic heterocycles. The highest BCUT2D eigenvalue weighted by Gasteiger charge is 2.33. The Morgan fingerprint density at radius 3 is 2.14 bits per heavy atom. The molecule has 82 valence electrons. The van der Waals surface area contributed by atoms with E-state index in [0.717, 1.165) is 30.3 Å². The van der Waals surface area contributed by atoms with E-state index in [-0.39, 0.29) is 0 Å². The summed E-state index contributed by atoms with van der Waals surface area (Å²) in [7, 11) is 0. The predicted molar refractivity (Wildman–Crippen MR) is 67.2 cm³/mol. The molecule has 0 bridgehead atoms. The van der Waals surface area contributed by atoms with Crippen LogP contribution in [-0.4, -0.2) is 6.71 Å². The molecule has 14 heavy (non-hydrogen) atoms. The third-order valence-corrected chi connectivity index (χ3v) is 4.46. The molecule has 1 rings (SSSR count). The van der Waals surface area contributed by atoms with Crippen LogP contribution in [0.4, 0.5) is 0 Å². The Balaban J connectivity index is 2.19. The number of hydrogen-bond donors (Lipinski definition) is 0. The molecule has 0 spiro atoms. The van der Waals surface area contributed by atoms with Gasteiger partial charge in [-0.05, 0) is 17.8 Å². The summed E-state index contributed by atoms with van der Waals surface area (Å²) in [4.78, 5) is 0. The van der Waals surface area contributed by atoms with Crippen molar-refractivity contribution in [3.8, 4) is 0 Å². The van der Waals surface area contributed by atoms with Gasteiger partial charge in [-0.25, -0.2) is 0 Å². The van der Waals surface area contributed by atoms with Gasteiger partial charge < -0.3 is 0 Å². The number of rotatable bonds is 5. The molecule has 1 saturated carbocycles. The molecular formula is C13H27B. The van der Waals surface area contributed by atoms with Crippen molar-refractivity contribution in [3.05, 3.63) is 0 Å². The summed E-state index contributed by atoms with van der Waals surface area (Å²) in [6.07, 6.45) is 5.94. The Kier molecular flexibility index (Phi) is 4.54. The monoisotopic (exact) mass is 194 g/mol. The maximum Gasteiger partial charge on any atom is 0.137 e. The van der Waals surface area contributed by atoms with Gasteiger partial charge in [-0.3, -0.25) is 0 Å². The Morgan fingerprint density at radius 1 is 1.14 bits per heavy atom. The van der Waals surface area contributed by atoms with Gasteiger partial charge in [0.05, 0.1) is 0 Å². The zero-order chi connectivity index (χ0) is 10.7. The second-order valence-corrected chi connectivity index (χ2v) is 6.04. The van der Waals surface area contributed by atoms with E-state index in [1.165, 1.54) is 25.7 Å². The third-order valence-electron chi connectivity index (χ3n) is 4.46. The zero-order valence-corrected chi connectivity index (χ0v) is 10.7. The van der Waals surface area contributed by atoms with Gasteiger partial charge >= 0.3 is 0 Å². The first-order valence-corrected chi connectivity index (χ1v) is 6.52. The second-order valence-electron chi connectivity index (χ2n) is 6.04. The first kappa shape index (κ1) is 12.1. The van der Waals surface area contributed by atoms with Crippen molar-refractivity contribution in [3.63, 3.8) is 0 Å². The minimum atomic E-state index is 0.868. The van der Waals surface area contributed by atoms with Crippen LogP contribution in [0.2, 0.25) is 19.5 Å². The van der Waals surface area contributed by atoms with Crippen molar-refractivity contribution in [2.75, 3.05) is 0 Å². The summed E-state index contributed by atoms with van der Waals surface area (Å²) >= 11 is 0. The van der Waals surface area contributed by atoms with Crippen LogP contribution in [0.15, 0.2) is 0 Å². The molecule has 1 heteroatoms. The molecule has 0 aromatic rings. The summed E-state index contributed by atoms with van der Waals surface area (Å²) in [6.45, 7) is 12.8. The highest BCUT2D eigenvalue weighted by atomic mass is 14.3. The first-order valence-electron chi connectivity index (χ1n) is 6.52. The van der Waals surface area contributed by atoms with E-state index < -0.39 is 0 Å². The average Bonchev–Trinajstić information content (AvgIpc) is 2.00. The van der Waals surface area contributed by atoms with Crippen LogP contribution < -0.4 is 0 Å². The van der Waals surface area contributed by atoms with Crippen molar-refractivity contribution in [2.45, 2.75) is 65.9 Å². The van der Waals surface area contributed by atoms with Gasteiger partial charge in [-0.15, -0.1) is 0 Å². The molecule has 3 unspecified atom stereocenters. The van der Waals surface area contributed by atoms with E-state index in [0.29, 0.717) is 0 Å². The standard InChI is InChI=1S/C13H27B/c1-10(2)11(3)6-7-12-8-9-13(12)14(4)5/h10-13H,6-9H2,1-5H3. The van der Waals surface area contributed by atoms with Gasteiger partial charge in [0.25, 0.3) is 0 Å². The lowest BCUT2D eigenvalue weighted by Crippen LogP contribution is -2.30. The summed E-state index contributed by atoms with van der Waals surface area (Å²) < 4.78 is 0. The van der Waals surface area contributed by atoms with Gasteiger partial charge in [-0.2, -0.15) is 0 Å². The molecule has 0 saturated heterocycles. The lowest BCUT2D eigenvalue weighted by atomic mass is 9.36. The lowest BCUT2D eigenvalue weighted by Gasteiger charge is -2.39. The molecule has 1 aliphatic rings. The molecule has 1 fully saturated rings. The summed E-state index contributed by atoms with van der Waals surface area (Å²) in [5.74, 6) is 3.90. The minimum absolute atomic E-state index is 0.868. The van der Waals surface area contributed by atoms with Crippen molar-refractivity contribution in [1.82, 2.24) is 0 Å². The molecule has 0 nitrogen and oxygen atoms in total. The predicted octanol–water partition coefficient (Wildman–Crippen LogP) is 4.59. The van der Waals surface area contributed by atoms with Crippen LogP contribution in [0.25, 0.3) is 0 Å². The third kappa shape index (κ3) is 3.03. The Bertz CT molecular complexity index is 163. The minimum Gasteiger partial charge on any atom is -0.0861 e. The first-order chi connectivity index (χ1) is 6.52. The Hall–Kier alpha value is 0.0649. The molecule has 0 aromatic carbocycles. The molecule has 0 radical (unpaired) electrons. The lowest BCUT2D eigenvalue weighted by molar-refractivity contribution is 0.253. The fourth-order valence-corrected chi connectivity index (χ4v) is 2.64. The summed E-state index contributed by atoms with van der Waals surface area (Å²) in [6, 6.07) is 0. The Labute approximate surface area is 90.9 Å². The maximum absolute atomic E-state index is 2.41. The van der Waals surface area contributed by atoms with Crippen molar-refractivity contribution < 1.29 is 0 Å². The zero-order valence-electron chi connectivity index (χ0n) is 10.7. The normalized spacial score (nSPS) is 28.7. The molecule has 0 N–H and O–H groups in total. The summed E-state index contributed by atoms with van der Waals surface area (Å²) in [5.41, 5.74) is 0. The summed E-state index contributed by atoms with van der Waals surface area (Å²) in [5, 5.41) is 0. The van der Waals surface area contributed by atoms with Gasteiger partial charge in [0, 0.05) is 0 Å². The van der Waals surface area contributed by atoms with E-state index >= 15 is 0 Å². The van der Waals surface area contributed by atoms with Gasteiger partial charge in [-0.1, -0.05) is 65.9 Å². The maximum atomic E-state index is 2.41. The van der Waals surface area contributed by atoms with Crippen molar-refractivity contribution in [1.29, 1.82) is 0 Å². The molecule has 0 amide bonds. The van der Waals surface area contributed by atoms with Crippen LogP contribution in [0.5, 0.6) is 0 Å². The highest BCUT2D eigenvalue weighted by molar-refractivity contribution is 6.57. The second kappa shape index (κ2) is 5.23. The van der Waals surface area contributed by atoms with Gasteiger partial charge in [0.15, 0.2) is 0 Å². The SMILES string of the molecule is CB(C)C1CCC1CCC(C)C(C)C. The van der Waals surface area contributed by atoms with E-state index in [2.05, 4.69) is 34.4 Å². The van der Waals surface area contributed by atoms with Crippen LogP contribution in [-0.2, 0) is 0 Å². The fourth-order valence-electron chi connectivity index (χ4n) is 2.64. The highest BCUT2D eigenvalue weighted by Crippen LogP contribution is 2.45. The van der Waals surface area contributed by atoms with Gasteiger partial charge in [0.1, 0.15) is 6.71 Å². The van der Waals surface area contributed by atoms with Gasteiger partial charge in [0.2, 0.25) is 0 Å². The molecule has 3 atom stereocenters. The molecular weight excluding hydrogens is 167 g/mol. The van der Waals surface area contributed by atoms with E-state index in [1.54, 1.807) is 0 Å². The topological polar surface area (TPSA) is 0 Å². The molecule has 1 aliphatic carbocycles. The average molecular weight is 194 g/mol. The number of hydrogen-bond acceptors (Lipinski definition) is 0. The smallest absolute Gasteiger partial charge is 0.0861 e.